The molecule has 1 fully saturated rings. The van der Waals surface area contributed by atoms with Crippen molar-refractivity contribution in [3.05, 3.63) is 94.1 Å². The highest BCUT2D eigenvalue weighted by Crippen LogP contribution is 2.37. The molecule has 6 heteroatoms. The van der Waals surface area contributed by atoms with Gasteiger partial charge in [0.05, 0.1) is 18.2 Å². The number of pyridine rings is 1. The van der Waals surface area contributed by atoms with Gasteiger partial charge in [-0.3, -0.25) is 14.4 Å². The number of likely N-dealkylation sites (tertiary alicyclic amines) is 1. The lowest BCUT2D eigenvalue weighted by atomic mass is 9.79. The van der Waals surface area contributed by atoms with Gasteiger partial charge in [-0.05, 0) is 36.2 Å². The van der Waals surface area contributed by atoms with E-state index in [2.05, 4.69) is 4.98 Å². The van der Waals surface area contributed by atoms with E-state index in [0.29, 0.717) is 40.3 Å². The minimum atomic E-state index is -0.906. The maximum Gasteiger partial charge on any atom is 0.318 e. The summed E-state index contributed by atoms with van der Waals surface area (Å²) in [5, 5.41) is 1.05. The summed E-state index contributed by atoms with van der Waals surface area (Å²) in [6.07, 6.45) is 0.472. The highest BCUT2D eigenvalue weighted by atomic mass is 16.5. The van der Waals surface area contributed by atoms with Gasteiger partial charge < -0.3 is 14.6 Å². The van der Waals surface area contributed by atoms with Gasteiger partial charge in [0.2, 0.25) is 0 Å². The molecule has 0 spiro atoms. The van der Waals surface area contributed by atoms with Crippen molar-refractivity contribution in [3.8, 4) is 0 Å². The molecular formula is C26H22N2O4. The van der Waals surface area contributed by atoms with Gasteiger partial charge in [0.25, 0.3) is 5.91 Å². The molecule has 0 aliphatic carbocycles. The number of hydrogen-bond donors (Lipinski definition) is 1. The third-order valence-corrected chi connectivity index (χ3v) is 6.43. The number of hydrogen-bond acceptors (Lipinski definition) is 4. The minimum Gasteiger partial charge on any atom is -0.468 e. The Morgan fingerprint density at radius 3 is 2.44 bits per heavy atom. The predicted octanol–water partition coefficient (Wildman–Crippen LogP) is 3.64. The van der Waals surface area contributed by atoms with Crippen LogP contribution in [-0.2, 0) is 14.9 Å². The Bertz CT molecular complexity index is 1410. The third-order valence-electron chi connectivity index (χ3n) is 6.43. The van der Waals surface area contributed by atoms with Crippen LogP contribution in [-0.4, -0.2) is 42.0 Å². The Labute approximate surface area is 184 Å². The molecule has 5 rings (SSSR count). The smallest absolute Gasteiger partial charge is 0.318 e. The van der Waals surface area contributed by atoms with Crippen molar-refractivity contribution in [1.82, 2.24) is 9.88 Å². The monoisotopic (exact) mass is 426 g/mol. The lowest BCUT2D eigenvalue weighted by molar-refractivity contribution is -0.147. The molecule has 1 saturated heterocycles. The van der Waals surface area contributed by atoms with Crippen molar-refractivity contribution in [2.45, 2.75) is 11.8 Å². The first kappa shape index (κ1) is 20.0. The van der Waals surface area contributed by atoms with Crippen LogP contribution < -0.4 is 5.43 Å². The van der Waals surface area contributed by atoms with Crippen LogP contribution in [0.5, 0.6) is 0 Å². The highest BCUT2D eigenvalue weighted by molar-refractivity contribution is 6.08. The second-order valence-electron chi connectivity index (χ2n) is 8.14. The molecule has 3 aromatic carbocycles. The molecule has 0 bridgehead atoms. The maximum atomic E-state index is 13.6. The van der Waals surface area contributed by atoms with E-state index in [1.54, 1.807) is 29.2 Å². The lowest BCUT2D eigenvalue weighted by Crippen LogP contribution is -2.41. The Kier molecular flexibility index (Phi) is 4.78. The van der Waals surface area contributed by atoms with Gasteiger partial charge >= 0.3 is 5.97 Å². The van der Waals surface area contributed by atoms with Crippen molar-refractivity contribution >= 4 is 33.7 Å². The standard InChI is InChI=1S/C26H22N2O4/c1-32-25(31)26(17-8-3-2-4-9-17)14-15-28(16-26)24(30)20-12-7-11-19-22(20)27-21-13-6-5-10-18(21)23(19)29/h2-13H,14-16H2,1H3,(H,27,29). The minimum absolute atomic E-state index is 0.112. The maximum absolute atomic E-state index is 13.6. The Hall–Kier alpha value is -3.93. The summed E-state index contributed by atoms with van der Waals surface area (Å²) in [5.41, 5.74) is 1.42. The number of fused-ring (bicyclic) bond motifs is 2. The quantitative estimate of drug-likeness (QED) is 0.401. The summed E-state index contributed by atoms with van der Waals surface area (Å²) in [7, 11) is 1.37. The average Bonchev–Trinajstić information content (AvgIpc) is 3.30. The first-order valence-electron chi connectivity index (χ1n) is 10.5. The van der Waals surface area contributed by atoms with Crippen molar-refractivity contribution in [2.24, 2.45) is 0 Å². The number of aromatic nitrogens is 1. The fourth-order valence-electron chi connectivity index (χ4n) is 4.75. The molecule has 1 unspecified atom stereocenters. The zero-order valence-electron chi connectivity index (χ0n) is 17.6. The zero-order valence-corrected chi connectivity index (χ0v) is 17.6. The van der Waals surface area contributed by atoms with E-state index in [1.165, 1.54) is 7.11 Å². The highest BCUT2D eigenvalue weighted by Gasteiger charge is 2.48. The van der Waals surface area contributed by atoms with Crippen LogP contribution in [0.1, 0.15) is 22.3 Å². The molecule has 1 N–H and O–H groups in total. The second kappa shape index (κ2) is 7.64. The number of carbonyl (C=O) groups excluding carboxylic acids is 2. The van der Waals surface area contributed by atoms with Gasteiger partial charge in [-0.1, -0.05) is 48.5 Å². The first-order chi connectivity index (χ1) is 15.5. The molecule has 32 heavy (non-hydrogen) atoms. The first-order valence-corrected chi connectivity index (χ1v) is 10.5. The summed E-state index contributed by atoms with van der Waals surface area (Å²) in [4.78, 5) is 44.4. The molecule has 1 aromatic heterocycles. The van der Waals surface area contributed by atoms with Gasteiger partial charge in [-0.15, -0.1) is 0 Å². The molecule has 1 aliphatic rings. The normalized spacial score (nSPS) is 18.2. The van der Waals surface area contributed by atoms with Crippen LogP contribution >= 0.6 is 0 Å². The molecule has 1 amide bonds. The molecule has 1 atom stereocenters. The van der Waals surface area contributed by atoms with E-state index in [9.17, 15) is 14.4 Å². The number of benzene rings is 3. The van der Waals surface area contributed by atoms with E-state index in [1.807, 2.05) is 48.5 Å². The summed E-state index contributed by atoms with van der Waals surface area (Å²) >= 11 is 0. The zero-order chi connectivity index (χ0) is 22.3. The number of para-hydroxylation sites is 2. The lowest BCUT2D eigenvalue weighted by Gasteiger charge is -2.27. The number of H-pyrrole nitrogens is 1. The van der Waals surface area contributed by atoms with Gasteiger partial charge in [0.1, 0.15) is 5.41 Å². The molecule has 2 heterocycles. The average molecular weight is 426 g/mol. The van der Waals surface area contributed by atoms with E-state index < -0.39 is 5.41 Å². The SMILES string of the molecule is COC(=O)C1(c2ccccc2)CCN(C(=O)c2cccc3c(=O)c4ccccc4[nH]c23)C1. The van der Waals surface area contributed by atoms with Crippen molar-refractivity contribution < 1.29 is 14.3 Å². The predicted molar refractivity (Wildman–Crippen MR) is 123 cm³/mol. The fourth-order valence-corrected chi connectivity index (χ4v) is 4.75. The number of nitrogens with one attached hydrogen (secondary N) is 1. The van der Waals surface area contributed by atoms with E-state index in [4.69, 9.17) is 4.74 Å². The topological polar surface area (TPSA) is 79.5 Å². The van der Waals surface area contributed by atoms with Crippen LogP contribution in [0.15, 0.2) is 77.6 Å². The van der Waals surface area contributed by atoms with Gasteiger partial charge in [0, 0.05) is 29.4 Å². The molecule has 4 aromatic rings. The number of esters is 1. The number of ether oxygens (including phenoxy) is 1. The Morgan fingerprint density at radius 1 is 0.938 bits per heavy atom. The molecular weight excluding hydrogens is 404 g/mol. The van der Waals surface area contributed by atoms with E-state index in [-0.39, 0.29) is 23.9 Å². The van der Waals surface area contributed by atoms with E-state index in [0.717, 1.165) is 5.56 Å². The Balaban J connectivity index is 1.58. The second-order valence-corrected chi connectivity index (χ2v) is 8.14. The van der Waals surface area contributed by atoms with Crippen molar-refractivity contribution in [1.29, 1.82) is 0 Å². The number of carbonyl (C=O) groups is 2. The van der Waals surface area contributed by atoms with Crippen LogP contribution in [0, 0.1) is 0 Å². The number of amides is 1. The number of aromatic amines is 1. The summed E-state index contributed by atoms with van der Waals surface area (Å²) in [5.74, 6) is -0.570. The van der Waals surface area contributed by atoms with Gasteiger partial charge in [0.15, 0.2) is 5.43 Å². The van der Waals surface area contributed by atoms with E-state index >= 15 is 0 Å². The largest absolute Gasteiger partial charge is 0.468 e. The number of methoxy groups -OCH3 is 1. The molecule has 0 radical (unpaired) electrons. The molecule has 1 aliphatic heterocycles. The third kappa shape index (κ3) is 2.99. The number of rotatable bonds is 3. The van der Waals surface area contributed by atoms with Crippen LogP contribution in [0.4, 0.5) is 0 Å². The number of nitrogens with zero attached hydrogens (tertiary/aromatic N) is 1. The summed E-state index contributed by atoms with van der Waals surface area (Å²) in [6, 6.07) is 21.9. The van der Waals surface area contributed by atoms with Crippen LogP contribution in [0.3, 0.4) is 0 Å². The van der Waals surface area contributed by atoms with Crippen LogP contribution in [0.25, 0.3) is 21.8 Å². The molecule has 0 saturated carbocycles. The molecule has 160 valence electrons. The summed E-state index contributed by atoms with van der Waals surface area (Å²) in [6.45, 7) is 0.633. The van der Waals surface area contributed by atoms with Gasteiger partial charge in [-0.2, -0.15) is 0 Å². The van der Waals surface area contributed by atoms with Crippen molar-refractivity contribution in [2.75, 3.05) is 20.2 Å². The van der Waals surface area contributed by atoms with Crippen molar-refractivity contribution in [3.63, 3.8) is 0 Å². The van der Waals surface area contributed by atoms with Gasteiger partial charge in [-0.25, -0.2) is 0 Å². The Morgan fingerprint density at radius 2 is 1.66 bits per heavy atom. The molecule has 6 nitrogen and oxygen atoms in total. The van der Waals surface area contributed by atoms with Crippen LogP contribution in [0.2, 0.25) is 0 Å². The summed E-state index contributed by atoms with van der Waals surface area (Å²) < 4.78 is 5.14. The fraction of sp³-hybridized carbons (Fsp3) is 0.192.